The normalized spacial score (nSPS) is 13.9. The highest BCUT2D eigenvalue weighted by Gasteiger charge is 2.30. The molecular weight excluding hydrogens is 1260 g/mol. The van der Waals surface area contributed by atoms with Crippen LogP contribution in [0, 0.1) is 0 Å². The zero-order chi connectivity index (χ0) is 70.4. The van der Waals surface area contributed by atoms with Crippen molar-refractivity contribution < 1.29 is 80.2 Å². The second-order valence-electron chi connectivity index (χ2n) is 27.7. The van der Waals surface area contributed by atoms with Gasteiger partial charge in [0.15, 0.2) is 12.2 Å². The summed E-state index contributed by atoms with van der Waals surface area (Å²) in [6.45, 7) is 4.90. The molecule has 0 saturated heterocycles. The van der Waals surface area contributed by atoms with E-state index in [2.05, 4.69) is 27.7 Å². The molecule has 0 heterocycles. The van der Waals surface area contributed by atoms with E-state index in [9.17, 15) is 43.2 Å². The summed E-state index contributed by atoms with van der Waals surface area (Å²) in [6.07, 6.45) is 63.0. The van der Waals surface area contributed by atoms with Crippen LogP contribution in [0.25, 0.3) is 0 Å². The highest BCUT2D eigenvalue weighted by atomic mass is 31.2. The quantitative estimate of drug-likeness (QED) is 0.0222. The van der Waals surface area contributed by atoms with Gasteiger partial charge in [-0.05, 0) is 25.7 Å². The van der Waals surface area contributed by atoms with Gasteiger partial charge in [0.25, 0.3) is 0 Å². The maximum atomic E-state index is 13.1. The zero-order valence-corrected chi connectivity index (χ0v) is 64.1. The summed E-state index contributed by atoms with van der Waals surface area (Å²) in [5.41, 5.74) is 0. The third-order valence-corrected chi connectivity index (χ3v) is 20.0. The molecule has 19 heteroatoms. The van der Waals surface area contributed by atoms with Crippen LogP contribution < -0.4 is 0 Å². The molecule has 0 rings (SSSR count). The van der Waals surface area contributed by atoms with Crippen LogP contribution in [0.5, 0.6) is 0 Å². The summed E-state index contributed by atoms with van der Waals surface area (Å²) >= 11 is 0. The van der Waals surface area contributed by atoms with Crippen molar-refractivity contribution in [2.24, 2.45) is 0 Å². The molecule has 0 bridgehead atoms. The predicted octanol–water partition coefficient (Wildman–Crippen LogP) is 23.0. The van der Waals surface area contributed by atoms with Gasteiger partial charge in [0.05, 0.1) is 26.4 Å². The first-order chi connectivity index (χ1) is 46.7. The first-order valence-electron chi connectivity index (χ1n) is 40.3. The number of aliphatic hydroxyl groups is 1. The van der Waals surface area contributed by atoms with Crippen molar-refractivity contribution in [3.8, 4) is 0 Å². The van der Waals surface area contributed by atoms with Crippen LogP contribution in [-0.4, -0.2) is 96.7 Å². The van der Waals surface area contributed by atoms with Gasteiger partial charge in [-0.1, -0.05) is 362 Å². The number of phosphoric ester groups is 2. The van der Waals surface area contributed by atoms with Crippen molar-refractivity contribution in [1.82, 2.24) is 0 Å². The van der Waals surface area contributed by atoms with Gasteiger partial charge in [-0.25, -0.2) is 9.13 Å². The van der Waals surface area contributed by atoms with E-state index in [4.69, 9.17) is 37.0 Å². The molecule has 0 aliphatic rings. The molecule has 0 aliphatic carbocycles. The molecule has 0 radical (unpaired) electrons. The minimum atomic E-state index is -4.96. The molecule has 0 amide bonds. The predicted molar refractivity (Wildman–Crippen MR) is 391 cm³/mol. The summed E-state index contributed by atoms with van der Waals surface area (Å²) in [7, 11) is -9.90. The number of hydrogen-bond donors (Lipinski definition) is 3. The lowest BCUT2D eigenvalue weighted by Crippen LogP contribution is -2.30. The molecule has 3 N–H and O–H groups in total. The van der Waals surface area contributed by atoms with Gasteiger partial charge in [0.2, 0.25) is 0 Å². The second-order valence-corrected chi connectivity index (χ2v) is 30.7. The number of ether oxygens (including phenoxy) is 4. The Morgan fingerprint density at radius 2 is 0.417 bits per heavy atom. The summed E-state index contributed by atoms with van der Waals surface area (Å²) in [4.78, 5) is 72.5. The van der Waals surface area contributed by atoms with Crippen LogP contribution in [0.4, 0.5) is 0 Å². The number of phosphoric acid groups is 2. The Morgan fingerprint density at radius 1 is 0.250 bits per heavy atom. The fourth-order valence-electron chi connectivity index (χ4n) is 11.9. The monoisotopic (exact) mass is 1410 g/mol. The number of carbonyl (C=O) groups excluding carboxylic acids is 4. The standard InChI is InChI=1S/C77H150O17P2/c1-5-9-13-17-20-23-26-29-31-33-35-37-39-41-43-46-49-52-56-60-64-77(82)94-73(68-88-75(80)62-58-54-50-47-45-42-40-38-36-34-32-30-27-24-21-18-14-10-6-2)70-92-96(85,86)90-66-71(78)65-89-95(83,84)91-69-72(67-87-74(79)61-57-53-16-12-8-4)93-76(81)63-59-55-51-48-44-28-25-22-19-15-11-7-3/h71-73,78H,5-70H2,1-4H3,(H,83,84)(H,85,86)/t71-,72+,73+/m0/s1. The van der Waals surface area contributed by atoms with E-state index < -0.39 is 97.5 Å². The average Bonchev–Trinajstić information content (AvgIpc) is 1.30. The van der Waals surface area contributed by atoms with Crippen LogP contribution in [0.15, 0.2) is 0 Å². The van der Waals surface area contributed by atoms with E-state index in [0.717, 1.165) is 96.3 Å². The van der Waals surface area contributed by atoms with Gasteiger partial charge < -0.3 is 33.8 Å². The molecule has 2 unspecified atom stereocenters. The van der Waals surface area contributed by atoms with E-state index in [1.165, 1.54) is 238 Å². The third-order valence-electron chi connectivity index (χ3n) is 18.1. The third kappa shape index (κ3) is 70.5. The molecule has 0 saturated carbocycles. The molecule has 96 heavy (non-hydrogen) atoms. The molecule has 0 aromatic rings. The van der Waals surface area contributed by atoms with Crippen LogP contribution in [0.3, 0.4) is 0 Å². The van der Waals surface area contributed by atoms with Crippen molar-refractivity contribution in [3.63, 3.8) is 0 Å². The van der Waals surface area contributed by atoms with E-state index in [1.807, 2.05) is 0 Å². The Labute approximate surface area is 588 Å². The SMILES string of the molecule is CCCCCCCCCCCCCCCCCCCCCCC(=O)O[C@H](COC(=O)CCCCCCCCCCCCCCCCCCCCC)COP(=O)(O)OC[C@@H](O)COP(=O)(O)OC[C@@H](COC(=O)CCCCCCC)OC(=O)CCCCCCCCCCCCCC. The summed E-state index contributed by atoms with van der Waals surface area (Å²) in [5, 5.41) is 10.6. The van der Waals surface area contributed by atoms with Gasteiger partial charge in [-0.3, -0.25) is 37.3 Å². The molecule has 570 valence electrons. The number of esters is 4. The molecular formula is C77H150O17P2. The number of aliphatic hydroxyl groups excluding tert-OH is 1. The topological polar surface area (TPSA) is 237 Å². The molecule has 0 fully saturated rings. The van der Waals surface area contributed by atoms with Gasteiger partial charge in [-0.15, -0.1) is 0 Å². The minimum Gasteiger partial charge on any atom is -0.462 e. The Balaban J connectivity index is 5.11. The van der Waals surface area contributed by atoms with Gasteiger partial charge in [-0.2, -0.15) is 0 Å². The maximum absolute atomic E-state index is 13.1. The van der Waals surface area contributed by atoms with Crippen molar-refractivity contribution in [3.05, 3.63) is 0 Å². The molecule has 0 spiro atoms. The first-order valence-corrected chi connectivity index (χ1v) is 43.3. The lowest BCUT2D eigenvalue weighted by Gasteiger charge is -2.21. The van der Waals surface area contributed by atoms with E-state index in [0.29, 0.717) is 25.7 Å². The van der Waals surface area contributed by atoms with Crippen LogP contribution in [-0.2, 0) is 65.4 Å². The van der Waals surface area contributed by atoms with E-state index >= 15 is 0 Å². The molecule has 0 aliphatic heterocycles. The number of unbranched alkanes of at least 4 members (excludes halogenated alkanes) is 52. The largest absolute Gasteiger partial charge is 0.472 e. The Bertz CT molecular complexity index is 1830. The Kier molecular flexibility index (Phi) is 70.0. The van der Waals surface area contributed by atoms with Crippen molar-refractivity contribution in [1.29, 1.82) is 0 Å². The number of rotatable bonds is 78. The molecule has 5 atom stereocenters. The van der Waals surface area contributed by atoms with Crippen LogP contribution in [0.2, 0.25) is 0 Å². The number of hydrogen-bond acceptors (Lipinski definition) is 15. The maximum Gasteiger partial charge on any atom is 0.472 e. The van der Waals surface area contributed by atoms with E-state index in [1.54, 1.807) is 0 Å². The lowest BCUT2D eigenvalue weighted by molar-refractivity contribution is -0.161. The first kappa shape index (κ1) is 94.1. The molecule has 0 aromatic heterocycles. The van der Waals surface area contributed by atoms with Gasteiger partial charge in [0, 0.05) is 25.7 Å². The van der Waals surface area contributed by atoms with E-state index in [-0.39, 0.29) is 25.7 Å². The summed E-state index contributed by atoms with van der Waals surface area (Å²) < 4.78 is 68.3. The molecule has 17 nitrogen and oxygen atoms in total. The van der Waals surface area contributed by atoms with Crippen LogP contribution >= 0.6 is 15.6 Å². The highest BCUT2D eigenvalue weighted by Crippen LogP contribution is 2.45. The smallest absolute Gasteiger partial charge is 0.462 e. The fraction of sp³-hybridized carbons (Fsp3) is 0.948. The Morgan fingerprint density at radius 3 is 0.615 bits per heavy atom. The van der Waals surface area contributed by atoms with Crippen LogP contribution in [0.1, 0.15) is 413 Å². The average molecular weight is 1410 g/mol. The molecule has 0 aromatic carbocycles. The summed E-state index contributed by atoms with van der Waals surface area (Å²) in [6, 6.07) is 0. The van der Waals surface area contributed by atoms with Gasteiger partial charge >= 0.3 is 39.5 Å². The van der Waals surface area contributed by atoms with Gasteiger partial charge in [0.1, 0.15) is 19.3 Å². The van der Waals surface area contributed by atoms with Crippen molar-refractivity contribution in [2.45, 2.75) is 431 Å². The minimum absolute atomic E-state index is 0.107. The second kappa shape index (κ2) is 71.5. The highest BCUT2D eigenvalue weighted by molar-refractivity contribution is 7.47. The van der Waals surface area contributed by atoms with Crippen molar-refractivity contribution >= 4 is 39.5 Å². The fourth-order valence-corrected chi connectivity index (χ4v) is 13.5. The zero-order valence-electron chi connectivity index (χ0n) is 62.4. The lowest BCUT2D eigenvalue weighted by atomic mass is 10.0. The summed E-state index contributed by atoms with van der Waals surface area (Å²) in [5.74, 6) is -2.12. The Hall–Kier alpha value is -1.94. The number of carbonyl (C=O) groups is 4. The van der Waals surface area contributed by atoms with Crippen molar-refractivity contribution in [2.75, 3.05) is 39.6 Å².